The number of thioether (sulfide) groups is 1. The number of ether oxygens (including phenoxy) is 1. The van der Waals surface area contributed by atoms with Crippen LogP contribution < -0.4 is 9.64 Å². The van der Waals surface area contributed by atoms with E-state index in [1.165, 1.54) is 23.8 Å². The Hall–Kier alpha value is -2.34. The Kier molecular flexibility index (Phi) is 10.0. The van der Waals surface area contributed by atoms with Crippen LogP contribution in [0.4, 0.5) is 20.2 Å². The first-order valence-electron chi connectivity index (χ1n) is 11.2. The zero-order valence-corrected chi connectivity index (χ0v) is 23.0. The van der Waals surface area contributed by atoms with E-state index in [1.807, 2.05) is 12.3 Å². The average molecular weight is 554 g/mol. The van der Waals surface area contributed by atoms with Crippen LogP contribution in [-0.2, 0) is 6.61 Å². The van der Waals surface area contributed by atoms with Crippen molar-refractivity contribution in [3.05, 3.63) is 58.5 Å². The second-order valence-corrected chi connectivity index (χ2v) is 11.1. The maximum Gasteiger partial charge on any atom is 0.355 e. The van der Waals surface area contributed by atoms with Crippen molar-refractivity contribution < 1.29 is 23.4 Å². The van der Waals surface area contributed by atoms with Crippen molar-refractivity contribution in [2.75, 3.05) is 31.3 Å². The lowest BCUT2D eigenvalue weighted by Gasteiger charge is -2.25. The summed E-state index contributed by atoms with van der Waals surface area (Å²) in [5, 5.41) is 9.28. The van der Waals surface area contributed by atoms with Gasteiger partial charge < -0.3 is 14.7 Å². The minimum atomic E-state index is -2.46. The highest BCUT2D eigenvalue weighted by Crippen LogP contribution is 2.44. The summed E-state index contributed by atoms with van der Waals surface area (Å²) in [6.45, 7) is 4.35. The van der Waals surface area contributed by atoms with Crippen LogP contribution in [0.15, 0.2) is 57.8 Å². The number of likely N-dealkylation sites (N-methyl/N-ethyl adjacent to an activating group) is 1. The number of rotatable bonds is 7. The maximum atomic E-state index is 11.5. The molecule has 2 aromatic carbocycles. The first-order chi connectivity index (χ1) is 17.1. The van der Waals surface area contributed by atoms with Crippen LogP contribution in [0.3, 0.4) is 0 Å². The summed E-state index contributed by atoms with van der Waals surface area (Å²) in [5.41, 5.74) is 3.91. The summed E-state index contributed by atoms with van der Waals surface area (Å²) in [4.78, 5) is 20.3. The van der Waals surface area contributed by atoms with Crippen molar-refractivity contribution in [1.82, 2.24) is 9.29 Å². The predicted octanol–water partition coefficient (Wildman–Crippen LogP) is 7.28. The fraction of sp³-hybridized carbons (Fsp3) is 0.360. The van der Waals surface area contributed by atoms with Gasteiger partial charge in [0.25, 0.3) is 0 Å². The molecule has 1 aliphatic heterocycles. The molecule has 0 unspecified atom stereocenters. The monoisotopic (exact) mass is 553 g/mol. The summed E-state index contributed by atoms with van der Waals surface area (Å²) < 4.78 is 31.2. The first-order valence-corrected chi connectivity index (χ1v) is 14.1. The molecule has 1 aromatic heterocycles. The molecule has 0 radical (unpaired) electrons. The third-order valence-corrected chi connectivity index (χ3v) is 7.90. The molecule has 6 nitrogen and oxygen atoms in total. The number of halogens is 2. The summed E-state index contributed by atoms with van der Waals surface area (Å²) in [5.74, 6) is -2.74. The van der Waals surface area contributed by atoms with Gasteiger partial charge in [0.1, 0.15) is 12.4 Å². The number of carboxylic acid groups (broad SMARTS) is 1. The number of aromatic carboxylic acids is 1. The Morgan fingerprint density at radius 2 is 1.94 bits per heavy atom. The molecule has 0 bridgehead atoms. The topological polar surface area (TPSA) is 65.9 Å². The minimum Gasteiger partial charge on any atom is -0.487 e. The number of fused-ring (bicyclic) bond motifs is 1. The van der Waals surface area contributed by atoms with Crippen molar-refractivity contribution >= 4 is 52.4 Å². The van der Waals surface area contributed by atoms with Gasteiger partial charge in [0, 0.05) is 25.2 Å². The summed E-state index contributed by atoms with van der Waals surface area (Å²) in [6.07, 6.45) is 1.96. The van der Waals surface area contributed by atoms with Crippen molar-refractivity contribution in [2.45, 2.75) is 42.6 Å². The molecule has 4 rings (SSSR count). The fourth-order valence-electron chi connectivity index (χ4n) is 3.23. The Labute approximate surface area is 222 Å². The Morgan fingerprint density at radius 3 is 2.56 bits per heavy atom. The number of carboxylic acids is 1. The van der Waals surface area contributed by atoms with Crippen molar-refractivity contribution in [1.29, 1.82) is 0 Å². The third-order valence-electron chi connectivity index (χ3n) is 5.32. The second-order valence-electron chi connectivity index (χ2n) is 8.04. The quantitative estimate of drug-likeness (QED) is 0.242. The molecule has 0 spiro atoms. The van der Waals surface area contributed by atoms with Crippen LogP contribution in [0.2, 0.25) is 0 Å². The molecule has 0 fully saturated rings. The highest BCUT2D eigenvalue weighted by atomic mass is 32.2. The van der Waals surface area contributed by atoms with E-state index in [1.54, 1.807) is 23.7 Å². The number of alkyl halides is 2. The van der Waals surface area contributed by atoms with E-state index in [-0.39, 0.29) is 18.7 Å². The van der Waals surface area contributed by atoms with Crippen molar-refractivity contribution in [3.8, 4) is 5.75 Å². The van der Waals surface area contributed by atoms with E-state index < -0.39 is 11.9 Å². The molecule has 11 heteroatoms. The van der Waals surface area contributed by atoms with Gasteiger partial charge in [0.05, 0.1) is 25.9 Å². The van der Waals surface area contributed by atoms with E-state index in [0.717, 1.165) is 46.9 Å². The van der Waals surface area contributed by atoms with Crippen molar-refractivity contribution in [2.24, 2.45) is 0 Å². The number of thiazole rings is 1. The molecule has 2 heterocycles. The molecular weight excluding hydrogens is 524 g/mol. The van der Waals surface area contributed by atoms with Gasteiger partial charge in [-0.15, -0.1) is 23.1 Å². The first kappa shape index (κ1) is 28.2. The SMILES string of the molecule is CCC(C)(F)F.CSc1cc2c(cc1OCc1scnc1C(=O)O)SN(C)CCN2c1ccccc1. The van der Waals surface area contributed by atoms with Gasteiger partial charge >= 0.3 is 5.97 Å². The Morgan fingerprint density at radius 1 is 1.25 bits per heavy atom. The zero-order chi connectivity index (χ0) is 26.3. The molecule has 1 aliphatic rings. The lowest BCUT2D eigenvalue weighted by Crippen LogP contribution is -2.24. The van der Waals surface area contributed by atoms with Crippen LogP contribution in [0.5, 0.6) is 5.75 Å². The molecule has 36 heavy (non-hydrogen) atoms. The van der Waals surface area contributed by atoms with Crippen LogP contribution in [0.1, 0.15) is 35.6 Å². The maximum absolute atomic E-state index is 11.5. The molecule has 0 amide bonds. The van der Waals surface area contributed by atoms with E-state index >= 15 is 0 Å². The van der Waals surface area contributed by atoms with E-state index in [0.29, 0.717) is 4.88 Å². The zero-order valence-electron chi connectivity index (χ0n) is 20.5. The number of anilines is 2. The van der Waals surface area contributed by atoms with E-state index in [2.05, 4.69) is 57.6 Å². The molecule has 194 valence electrons. The van der Waals surface area contributed by atoms with Gasteiger partial charge in [-0.25, -0.2) is 22.9 Å². The molecule has 0 atom stereocenters. The number of para-hydroxylation sites is 1. The van der Waals surface area contributed by atoms with Gasteiger partial charge in [-0.2, -0.15) is 0 Å². The normalized spacial score (nSPS) is 13.9. The standard InChI is InChI=1S/C21H21N3O3S3.C4H8F2/c1-23-8-9-24(14-6-4-3-5-7-14)15-10-18(28-2)16(11-17(15)30-23)27-12-19-20(21(25)26)22-13-29-19;1-3-4(2,5)6/h3-7,10-11,13H,8-9,12H2,1-2H3,(H,25,26);3H2,1-2H3. The summed E-state index contributed by atoms with van der Waals surface area (Å²) in [7, 11) is 2.09. The summed E-state index contributed by atoms with van der Waals surface area (Å²) >= 11 is 4.61. The van der Waals surface area contributed by atoms with Crippen LogP contribution in [-0.4, -0.2) is 52.7 Å². The predicted molar refractivity (Wildman–Crippen MR) is 144 cm³/mol. The number of carbonyl (C=O) groups is 1. The largest absolute Gasteiger partial charge is 0.487 e. The average Bonchev–Trinajstić information content (AvgIpc) is 3.27. The van der Waals surface area contributed by atoms with Crippen molar-refractivity contribution in [3.63, 3.8) is 0 Å². The van der Waals surface area contributed by atoms with Gasteiger partial charge in [0.15, 0.2) is 5.69 Å². The van der Waals surface area contributed by atoms with Crippen LogP contribution in [0.25, 0.3) is 0 Å². The summed E-state index contributed by atoms with van der Waals surface area (Å²) in [6, 6.07) is 14.6. The lowest BCUT2D eigenvalue weighted by atomic mass is 10.2. The van der Waals surface area contributed by atoms with E-state index in [4.69, 9.17) is 4.74 Å². The molecule has 1 N–H and O–H groups in total. The number of aromatic nitrogens is 1. The number of hydrogen-bond acceptors (Lipinski definition) is 8. The van der Waals surface area contributed by atoms with Gasteiger partial charge in [-0.05, 0) is 56.4 Å². The Balaban J connectivity index is 0.000000538. The third kappa shape index (κ3) is 7.58. The molecule has 3 aromatic rings. The van der Waals surface area contributed by atoms with E-state index in [9.17, 15) is 18.7 Å². The van der Waals surface area contributed by atoms with Gasteiger partial charge in [-0.1, -0.05) is 25.1 Å². The van der Waals surface area contributed by atoms with Crippen LogP contribution in [0, 0.1) is 0 Å². The molecular formula is C25H29F2N3O3S3. The minimum absolute atomic E-state index is 0.0600. The highest BCUT2D eigenvalue weighted by Gasteiger charge is 2.23. The molecule has 0 saturated carbocycles. The van der Waals surface area contributed by atoms with Gasteiger partial charge in [-0.3, -0.25) is 0 Å². The lowest BCUT2D eigenvalue weighted by molar-refractivity contribution is 0.0181. The Bertz CT molecular complexity index is 1160. The molecule has 0 saturated heterocycles. The highest BCUT2D eigenvalue weighted by molar-refractivity contribution is 7.98. The number of benzene rings is 2. The number of nitrogens with zero attached hydrogens (tertiary/aromatic N) is 3. The van der Waals surface area contributed by atoms with Gasteiger partial charge in [0.2, 0.25) is 5.92 Å². The number of hydrogen-bond donors (Lipinski definition) is 1. The smallest absolute Gasteiger partial charge is 0.355 e. The second kappa shape index (κ2) is 12.8. The fourth-order valence-corrected chi connectivity index (χ4v) is 5.37. The molecule has 0 aliphatic carbocycles. The van der Waals surface area contributed by atoms with Crippen LogP contribution >= 0.6 is 35.0 Å².